The maximum atomic E-state index is 12.4. The van der Waals surface area contributed by atoms with Crippen LogP contribution < -0.4 is 20.1 Å². The molecule has 5 rings (SSSR count). The number of carbonyl (C=O) groups excluding carboxylic acids is 1. The Morgan fingerprint density at radius 3 is 2.38 bits per heavy atom. The van der Waals surface area contributed by atoms with Crippen molar-refractivity contribution >= 4 is 50.4 Å². The molecule has 0 spiro atoms. The van der Waals surface area contributed by atoms with Crippen molar-refractivity contribution in [3.63, 3.8) is 0 Å². The normalized spacial score (nSPS) is 10.9. The number of rotatable bonds is 10. The summed E-state index contributed by atoms with van der Waals surface area (Å²) in [5.74, 6) is 0.565. The van der Waals surface area contributed by atoms with E-state index in [-0.39, 0.29) is 12.5 Å². The summed E-state index contributed by atoms with van der Waals surface area (Å²) in [6.07, 6.45) is 0. The van der Waals surface area contributed by atoms with Gasteiger partial charge in [0.25, 0.3) is 5.91 Å². The Balaban J connectivity index is 1.22. The minimum atomic E-state index is -0.280. The van der Waals surface area contributed by atoms with Gasteiger partial charge in [-0.05, 0) is 92.6 Å². The summed E-state index contributed by atoms with van der Waals surface area (Å²) >= 11 is 8.27. The molecule has 0 saturated carbocycles. The molecule has 40 heavy (non-hydrogen) atoms. The fourth-order valence-corrected chi connectivity index (χ4v) is 5.55. The van der Waals surface area contributed by atoms with Gasteiger partial charge in [-0.25, -0.2) is 4.98 Å². The zero-order chi connectivity index (χ0) is 28.1. The molecule has 0 aliphatic rings. The van der Waals surface area contributed by atoms with Gasteiger partial charge in [0.2, 0.25) is 0 Å². The molecule has 4 aromatic carbocycles. The largest absolute Gasteiger partial charge is 0.490 e. The number of aromatic nitrogens is 1. The maximum Gasteiger partial charge on any atom is 0.262 e. The summed E-state index contributed by atoms with van der Waals surface area (Å²) in [5.41, 5.74) is 7.07. The van der Waals surface area contributed by atoms with Crippen LogP contribution in [0, 0.1) is 13.8 Å². The fourth-order valence-electron chi connectivity index (χ4n) is 4.19. The quantitative estimate of drug-likeness (QED) is 0.176. The maximum absolute atomic E-state index is 12.4. The second-order valence-electron chi connectivity index (χ2n) is 9.46. The van der Waals surface area contributed by atoms with Gasteiger partial charge in [-0.2, -0.15) is 0 Å². The van der Waals surface area contributed by atoms with E-state index in [0.717, 1.165) is 32.9 Å². The van der Waals surface area contributed by atoms with Crippen molar-refractivity contribution in [2.45, 2.75) is 27.3 Å². The van der Waals surface area contributed by atoms with Gasteiger partial charge < -0.3 is 20.1 Å². The Hall–Kier alpha value is -4.07. The Kier molecular flexibility index (Phi) is 8.53. The van der Waals surface area contributed by atoms with Crippen LogP contribution in [0.1, 0.15) is 23.6 Å². The number of ether oxygens (including phenoxy) is 2. The molecule has 5 aromatic rings. The Morgan fingerprint density at radius 2 is 1.62 bits per heavy atom. The Morgan fingerprint density at radius 1 is 0.900 bits per heavy atom. The molecule has 0 saturated heterocycles. The third kappa shape index (κ3) is 6.73. The van der Waals surface area contributed by atoms with Gasteiger partial charge in [0.1, 0.15) is 5.01 Å². The average molecular weight is 572 g/mol. The lowest BCUT2D eigenvalue weighted by Gasteiger charge is -2.16. The van der Waals surface area contributed by atoms with E-state index in [0.29, 0.717) is 35.4 Å². The van der Waals surface area contributed by atoms with Crippen molar-refractivity contribution in [2.24, 2.45) is 0 Å². The highest BCUT2D eigenvalue weighted by atomic mass is 35.5. The van der Waals surface area contributed by atoms with E-state index in [4.69, 9.17) is 26.1 Å². The number of hydrogen-bond donors (Lipinski definition) is 2. The molecule has 6 nitrogen and oxygen atoms in total. The lowest BCUT2D eigenvalue weighted by Crippen LogP contribution is -2.20. The standard InChI is InChI=1S/C32H30ClN3O3S/c1-4-38-28-17-22(16-26(33)31(28)39-19-30(37)35-25-10-5-20(2)6-11-25)18-34-24-12-8-23(9-13-24)32-36-27-14-7-21(3)15-29(27)40-32/h5-17,34H,4,18-19H2,1-3H3,(H,35,37). The monoisotopic (exact) mass is 571 g/mol. The first-order valence-corrected chi connectivity index (χ1v) is 14.2. The fraction of sp³-hybridized carbons (Fsp3) is 0.188. The molecule has 2 N–H and O–H groups in total. The molecule has 8 heteroatoms. The van der Waals surface area contributed by atoms with Gasteiger partial charge in [0, 0.05) is 23.5 Å². The number of aryl methyl sites for hydroxylation is 2. The highest BCUT2D eigenvalue weighted by Gasteiger charge is 2.15. The molecular formula is C32H30ClN3O3S. The van der Waals surface area contributed by atoms with Crippen LogP contribution in [0.2, 0.25) is 5.02 Å². The topological polar surface area (TPSA) is 72.5 Å². The first-order chi connectivity index (χ1) is 19.4. The summed E-state index contributed by atoms with van der Waals surface area (Å²) in [7, 11) is 0. The number of nitrogens with zero attached hydrogens (tertiary/aromatic N) is 1. The van der Waals surface area contributed by atoms with E-state index in [1.54, 1.807) is 11.3 Å². The van der Waals surface area contributed by atoms with Crippen LogP contribution in [0.5, 0.6) is 11.5 Å². The van der Waals surface area contributed by atoms with Crippen molar-refractivity contribution in [1.82, 2.24) is 4.98 Å². The Labute approximate surface area is 242 Å². The minimum Gasteiger partial charge on any atom is -0.490 e. The van der Waals surface area contributed by atoms with Crippen molar-refractivity contribution in [3.05, 3.63) is 101 Å². The first-order valence-electron chi connectivity index (χ1n) is 13.0. The second-order valence-corrected chi connectivity index (χ2v) is 10.9. The number of nitrogens with one attached hydrogen (secondary N) is 2. The number of carbonyl (C=O) groups is 1. The van der Waals surface area contributed by atoms with Gasteiger partial charge in [-0.15, -0.1) is 11.3 Å². The lowest BCUT2D eigenvalue weighted by molar-refractivity contribution is -0.118. The van der Waals surface area contributed by atoms with E-state index in [1.807, 2.05) is 62.4 Å². The van der Waals surface area contributed by atoms with E-state index in [9.17, 15) is 4.79 Å². The molecule has 204 valence electrons. The van der Waals surface area contributed by atoms with Gasteiger partial charge in [-0.1, -0.05) is 35.4 Å². The second kappa shape index (κ2) is 12.4. The van der Waals surface area contributed by atoms with Crippen LogP contribution in [0.4, 0.5) is 11.4 Å². The molecule has 1 amide bonds. The van der Waals surface area contributed by atoms with E-state index < -0.39 is 0 Å². The van der Waals surface area contributed by atoms with Crippen molar-refractivity contribution in [1.29, 1.82) is 0 Å². The SMILES string of the molecule is CCOc1cc(CNc2ccc(-c3nc4ccc(C)cc4s3)cc2)cc(Cl)c1OCC(=O)Nc1ccc(C)cc1. The zero-order valence-corrected chi connectivity index (χ0v) is 24.2. The van der Waals surface area contributed by atoms with E-state index in [1.165, 1.54) is 10.3 Å². The van der Waals surface area contributed by atoms with Crippen molar-refractivity contribution in [2.75, 3.05) is 23.8 Å². The average Bonchev–Trinajstić information content (AvgIpc) is 3.36. The lowest BCUT2D eigenvalue weighted by atomic mass is 10.1. The number of amides is 1. The summed E-state index contributed by atoms with van der Waals surface area (Å²) in [4.78, 5) is 17.2. The molecule has 1 aromatic heterocycles. The van der Waals surface area contributed by atoms with Crippen LogP contribution in [-0.4, -0.2) is 24.1 Å². The number of halogens is 1. The minimum absolute atomic E-state index is 0.189. The Bertz CT molecular complexity index is 1630. The highest BCUT2D eigenvalue weighted by Crippen LogP contribution is 2.37. The predicted octanol–water partition coefficient (Wildman–Crippen LogP) is 8.26. The molecule has 0 aliphatic heterocycles. The van der Waals surface area contributed by atoms with Crippen LogP contribution in [0.3, 0.4) is 0 Å². The number of anilines is 2. The van der Waals surface area contributed by atoms with Crippen molar-refractivity contribution < 1.29 is 14.3 Å². The first kappa shape index (κ1) is 27.5. The summed E-state index contributed by atoms with van der Waals surface area (Å²) < 4.78 is 12.8. The summed E-state index contributed by atoms with van der Waals surface area (Å²) in [6, 6.07) is 25.8. The summed E-state index contributed by atoms with van der Waals surface area (Å²) in [5, 5.41) is 7.64. The molecule has 0 fully saturated rings. The number of fused-ring (bicyclic) bond motifs is 1. The molecule has 0 bridgehead atoms. The number of hydrogen-bond acceptors (Lipinski definition) is 6. The van der Waals surface area contributed by atoms with Gasteiger partial charge in [0.15, 0.2) is 18.1 Å². The predicted molar refractivity (Wildman–Crippen MR) is 165 cm³/mol. The van der Waals surface area contributed by atoms with Gasteiger partial charge >= 0.3 is 0 Å². The van der Waals surface area contributed by atoms with Crippen molar-refractivity contribution in [3.8, 4) is 22.1 Å². The molecule has 0 aliphatic carbocycles. The van der Waals surface area contributed by atoms with Gasteiger partial charge in [-0.3, -0.25) is 4.79 Å². The van der Waals surface area contributed by atoms with Crippen LogP contribution >= 0.6 is 22.9 Å². The third-order valence-corrected chi connectivity index (χ3v) is 7.57. The van der Waals surface area contributed by atoms with E-state index in [2.05, 4.69) is 47.9 Å². The number of benzene rings is 4. The molecule has 0 radical (unpaired) electrons. The van der Waals surface area contributed by atoms with Crippen LogP contribution in [-0.2, 0) is 11.3 Å². The van der Waals surface area contributed by atoms with E-state index >= 15 is 0 Å². The smallest absolute Gasteiger partial charge is 0.262 e. The molecular weight excluding hydrogens is 542 g/mol. The molecule has 0 unspecified atom stereocenters. The summed E-state index contributed by atoms with van der Waals surface area (Å²) in [6.45, 7) is 6.76. The molecule has 0 atom stereocenters. The molecule has 1 heterocycles. The third-order valence-electron chi connectivity index (χ3n) is 6.22. The van der Waals surface area contributed by atoms with Crippen LogP contribution in [0.25, 0.3) is 20.8 Å². The zero-order valence-electron chi connectivity index (χ0n) is 22.6. The number of thiazole rings is 1. The van der Waals surface area contributed by atoms with Crippen LogP contribution in [0.15, 0.2) is 78.9 Å². The highest BCUT2D eigenvalue weighted by molar-refractivity contribution is 7.21. The van der Waals surface area contributed by atoms with Gasteiger partial charge in [0.05, 0.1) is 21.8 Å².